The van der Waals surface area contributed by atoms with Gasteiger partial charge in [-0.25, -0.2) is 13.8 Å². The fourth-order valence-electron chi connectivity index (χ4n) is 3.15. The van der Waals surface area contributed by atoms with E-state index in [4.69, 9.17) is 0 Å². The summed E-state index contributed by atoms with van der Waals surface area (Å²) in [5, 5.41) is 15.5. The topological polar surface area (TPSA) is 125 Å². The Morgan fingerprint density at radius 1 is 1.13 bits per heavy atom. The van der Waals surface area contributed by atoms with Crippen molar-refractivity contribution >= 4 is 33.0 Å². The summed E-state index contributed by atoms with van der Waals surface area (Å²) in [5.74, 6) is -0.641. The second-order valence-corrected chi connectivity index (χ2v) is 8.92. The number of nitrogens with one attached hydrogen (secondary N) is 1. The van der Waals surface area contributed by atoms with Crippen LogP contribution in [0.3, 0.4) is 0 Å². The number of amides is 1. The van der Waals surface area contributed by atoms with Crippen molar-refractivity contribution in [3.05, 3.63) is 64.7 Å². The first kappa shape index (κ1) is 22.4. The van der Waals surface area contributed by atoms with Crippen molar-refractivity contribution in [2.24, 2.45) is 5.10 Å². The molecule has 0 aliphatic carbocycles. The average molecular weight is 446 g/mol. The highest BCUT2D eigenvalue weighted by molar-refractivity contribution is 7.93. The van der Waals surface area contributed by atoms with Crippen LogP contribution < -0.4 is 9.73 Å². The van der Waals surface area contributed by atoms with Crippen LogP contribution in [-0.2, 0) is 14.8 Å². The van der Waals surface area contributed by atoms with Crippen LogP contribution >= 0.6 is 0 Å². The molecule has 1 aliphatic heterocycles. The monoisotopic (exact) mass is 445 g/mol. The maximum atomic E-state index is 13.3. The summed E-state index contributed by atoms with van der Waals surface area (Å²) in [6.07, 6.45) is 1.43. The smallest absolute Gasteiger partial charge is 0.289 e. The Labute approximate surface area is 180 Å². The Morgan fingerprint density at radius 3 is 2.39 bits per heavy atom. The van der Waals surface area contributed by atoms with Crippen molar-refractivity contribution in [3.8, 4) is 0 Å². The van der Waals surface area contributed by atoms with Crippen LogP contribution in [0.5, 0.6) is 0 Å². The predicted molar refractivity (Wildman–Crippen MR) is 116 cm³/mol. The second-order valence-electron chi connectivity index (χ2n) is 7.09. The Morgan fingerprint density at radius 2 is 1.74 bits per heavy atom. The zero-order valence-corrected chi connectivity index (χ0v) is 17.8. The number of nitro groups is 1. The van der Waals surface area contributed by atoms with E-state index in [0.717, 1.165) is 35.2 Å². The van der Waals surface area contributed by atoms with Gasteiger partial charge in [-0.05, 0) is 25.2 Å². The number of hydrogen-bond acceptors (Lipinski definition) is 7. The van der Waals surface area contributed by atoms with E-state index in [1.807, 2.05) is 7.05 Å². The summed E-state index contributed by atoms with van der Waals surface area (Å²) in [6.45, 7) is 1.09. The first-order chi connectivity index (χ1) is 14.8. The van der Waals surface area contributed by atoms with Crippen molar-refractivity contribution in [3.63, 3.8) is 0 Å². The highest BCUT2D eigenvalue weighted by Crippen LogP contribution is 2.29. The van der Waals surface area contributed by atoms with Crippen LogP contribution in [0.2, 0.25) is 0 Å². The number of anilines is 1. The van der Waals surface area contributed by atoms with Gasteiger partial charge in [-0.1, -0.05) is 30.3 Å². The van der Waals surface area contributed by atoms with E-state index in [0.29, 0.717) is 12.8 Å². The molecule has 2 aromatic rings. The zero-order chi connectivity index (χ0) is 22.4. The van der Waals surface area contributed by atoms with Crippen molar-refractivity contribution in [2.75, 3.05) is 31.0 Å². The normalized spacial score (nSPS) is 14.7. The first-order valence-electron chi connectivity index (χ1n) is 9.63. The fraction of sp³-hybridized carbons (Fsp3) is 0.300. The minimum absolute atomic E-state index is 0.211. The number of hydrazone groups is 1. The Bertz CT molecular complexity index is 1080. The summed E-state index contributed by atoms with van der Waals surface area (Å²) in [5.41, 5.74) is 2.90. The molecule has 1 heterocycles. The molecule has 2 aromatic carbocycles. The number of piperidine rings is 1. The van der Waals surface area contributed by atoms with Gasteiger partial charge in [-0.15, -0.1) is 0 Å². The van der Waals surface area contributed by atoms with E-state index in [1.165, 1.54) is 24.3 Å². The number of hydrogen-bond donors (Lipinski definition) is 1. The van der Waals surface area contributed by atoms with E-state index in [-0.39, 0.29) is 5.69 Å². The van der Waals surface area contributed by atoms with Crippen molar-refractivity contribution < 1.29 is 18.1 Å². The molecule has 164 valence electrons. The molecule has 0 saturated carbocycles. The van der Waals surface area contributed by atoms with Gasteiger partial charge >= 0.3 is 0 Å². The lowest BCUT2D eigenvalue weighted by molar-refractivity contribution is -0.387. The summed E-state index contributed by atoms with van der Waals surface area (Å²) < 4.78 is 27.5. The summed E-state index contributed by atoms with van der Waals surface area (Å²) in [6, 6.07) is 13.0. The van der Waals surface area contributed by atoms with Gasteiger partial charge in [-0.3, -0.25) is 19.2 Å². The molecule has 0 radical (unpaired) electrons. The number of benzene rings is 2. The van der Waals surface area contributed by atoms with Crippen LogP contribution in [0.15, 0.2) is 64.6 Å². The number of rotatable bonds is 7. The van der Waals surface area contributed by atoms with Crippen molar-refractivity contribution in [1.29, 1.82) is 0 Å². The zero-order valence-electron chi connectivity index (χ0n) is 17.0. The van der Waals surface area contributed by atoms with E-state index in [1.54, 1.807) is 18.2 Å². The molecule has 1 N–H and O–H groups in total. The third-order valence-corrected chi connectivity index (χ3v) is 6.69. The maximum Gasteiger partial charge on any atom is 0.289 e. The number of para-hydroxylation sites is 2. The number of carbonyl (C=O) groups excluding carboxylic acids is 1. The lowest BCUT2D eigenvalue weighted by Crippen LogP contribution is -2.40. The highest BCUT2D eigenvalue weighted by atomic mass is 32.2. The summed E-state index contributed by atoms with van der Waals surface area (Å²) >= 11 is 0. The number of sulfonamides is 1. The number of nitrogens with zero attached hydrogens (tertiary/aromatic N) is 4. The summed E-state index contributed by atoms with van der Waals surface area (Å²) in [4.78, 5) is 24.8. The Hall–Kier alpha value is -3.31. The standard InChI is InChI=1S/C20H23N5O5S/c1-23-13-11-16(12-14-23)21-22-20(26)15-24(17-7-3-2-4-8-17)31(29,30)19-10-6-5-9-18(19)25(27)28/h2-10H,11-15H2,1H3,(H,22,26). The molecule has 0 atom stereocenters. The van der Waals surface area contributed by atoms with Crippen molar-refractivity contribution in [2.45, 2.75) is 17.7 Å². The molecule has 0 spiro atoms. The highest BCUT2D eigenvalue weighted by Gasteiger charge is 2.33. The van der Waals surface area contributed by atoms with Gasteiger partial charge in [0.2, 0.25) is 0 Å². The predicted octanol–water partition coefficient (Wildman–Crippen LogP) is 1.99. The Balaban J connectivity index is 1.88. The first-order valence-corrected chi connectivity index (χ1v) is 11.1. The van der Waals surface area contributed by atoms with Gasteiger partial charge < -0.3 is 4.90 Å². The largest absolute Gasteiger partial charge is 0.306 e. The van der Waals surface area contributed by atoms with Crippen LogP contribution in [0, 0.1) is 10.1 Å². The molecule has 31 heavy (non-hydrogen) atoms. The lowest BCUT2D eigenvalue weighted by atomic mass is 10.1. The van der Waals surface area contributed by atoms with E-state index < -0.39 is 38.0 Å². The summed E-state index contributed by atoms with van der Waals surface area (Å²) in [7, 11) is -2.40. The minimum Gasteiger partial charge on any atom is -0.306 e. The molecular weight excluding hydrogens is 422 g/mol. The second kappa shape index (κ2) is 9.67. The van der Waals surface area contributed by atoms with Gasteiger partial charge in [0.15, 0.2) is 4.90 Å². The third kappa shape index (κ3) is 5.44. The molecule has 1 aliphatic rings. The molecule has 0 bridgehead atoms. The number of nitro benzene ring substituents is 1. The van der Waals surface area contributed by atoms with Crippen molar-refractivity contribution in [1.82, 2.24) is 10.3 Å². The van der Waals surface area contributed by atoms with Crippen LogP contribution in [0.1, 0.15) is 12.8 Å². The molecule has 0 aromatic heterocycles. The fourth-order valence-corrected chi connectivity index (χ4v) is 4.73. The van der Waals surface area contributed by atoms with E-state index >= 15 is 0 Å². The number of carbonyl (C=O) groups is 1. The van der Waals surface area contributed by atoms with Gasteiger partial charge in [0.1, 0.15) is 6.54 Å². The molecular formula is C20H23N5O5S. The molecule has 1 fully saturated rings. The van der Waals surface area contributed by atoms with Gasteiger partial charge in [0.25, 0.3) is 21.6 Å². The molecule has 1 amide bonds. The maximum absolute atomic E-state index is 13.3. The third-order valence-electron chi connectivity index (χ3n) is 4.86. The number of likely N-dealkylation sites (tertiary alicyclic amines) is 1. The molecule has 11 heteroatoms. The van der Waals surface area contributed by atoms with Crippen LogP contribution in [0.4, 0.5) is 11.4 Å². The lowest BCUT2D eigenvalue weighted by Gasteiger charge is -2.24. The molecule has 0 unspecified atom stereocenters. The molecule has 1 saturated heterocycles. The van der Waals surface area contributed by atoms with Gasteiger partial charge in [0.05, 0.1) is 10.6 Å². The van der Waals surface area contributed by atoms with Gasteiger partial charge in [0, 0.05) is 37.7 Å². The Kier molecular flexibility index (Phi) is 6.98. The molecule has 3 rings (SSSR count). The van der Waals surface area contributed by atoms with Gasteiger partial charge in [-0.2, -0.15) is 5.10 Å². The SMILES string of the molecule is CN1CCC(=NNC(=O)CN(c2ccccc2)S(=O)(=O)c2ccccc2[N+](=O)[O-])CC1. The molecule has 10 nitrogen and oxygen atoms in total. The van der Waals surface area contributed by atoms with E-state index in [9.17, 15) is 23.3 Å². The van der Waals surface area contributed by atoms with Crippen LogP contribution in [-0.4, -0.2) is 56.5 Å². The average Bonchev–Trinajstić information content (AvgIpc) is 2.77. The van der Waals surface area contributed by atoms with E-state index in [2.05, 4.69) is 15.4 Å². The quantitative estimate of drug-likeness (QED) is 0.513. The van der Waals surface area contributed by atoms with Crippen LogP contribution in [0.25, 0.3) is 0 Å². The minimum atomic E-state index is -4.40.